The van der Waals surface area contributed by atoms with Gasteiger partial charge < -0.3 is 15.0 Å². The summed E-state index contributed by atoms with van der Waals surface area (Å²) in [5.41, 5.74) is 0. The summed E-state index contributed by atoms with van der Waals surface area (Å²) in [4.78, 5) is 26.0. The van der Waals surface area contributed by atoms with E-state index in [1.165, 1.54) is 38.5 Å². The van der Waals surface area contributed by atoms with Crippen molar-refractivity contribution >= 4 is 11.8 Å². The third-order valence-electron chi connectivity index (χ3n) is 5.26. The number of rotatable bonds is 7. The molecule has 1 aliphatic carbocycles. The third-order valence-corrected chi connectivity index (χ3v) is 5.26. The lowest BCUT2D eigenvalue weighted by Crippen LogP contribution is -2.47. The maximum absolute atomic E-state index is 12.4. The summed E-state index contributed by atoms with van der Waals surface area (Å²) in [5, 5.41) is 3.10. The maximum Gasteiger partial charge on any atom is 0.224 e. The van der Waals surface area contributed by atoms with Gasteiger partial charge in [-0.15, -0.1) is 0 Å². The van der Waals surface area contributed by atoms with Gasteiger partial charge in [-0.1, -0.05) is 38.5 Å². The van der Waals surface area contributed by atoms with E-state index in [1.807, 2.05) is 0 Å². The second-order valence-electron chi connectivity index (χ2n) is 7.01. The van der Waals surface area contributed by atoms with E-state index < -0.39 is 0 Å². The van der Waals surface area contributed by atoms with Crippen LogP contribution in [0.4, 0.5) is 0 Å². The summed E-state index contributed by atoms with van der Waals surface area (Å²) in [6.07, 6.45) is 10.3. The SMILES string of the molecule is COCCN1CC(C(=O)NCCC2CCCCCC2)CCC1=O. The first-order valence-electron chi connectivity index (χ1n) is 9.25. The quantitative estimate of drug-likeness (QED) is 0.731. The van der Waals surface area contributed by atoms with Crippen molar-refractivity contribution < 1.29 is 14.3 Å². The lowest BCUT2D eigenvalue weighted by Gasteiger charge is -2.31. The van der Waals surface area contributed by atoms with Crippen LogP contribution in [0.5, 0.6) is 0 Å². The fourth-order valence-corrected chi connectivity index (χ4v) is 3.74. The lowest BCUT2D eigenvalue weighted by atomic mass is 9.95. The van der Waals surface area contributed by atoms with Gasteiger partial charge in [-0.3, -0.25) is 9.59 Å². The molecule has 1 N–H and O–H groups in total. The number of hydrogen-bond donors (Lipinski definition) is 1. The third kappa shape index (κ3) is 6.13. The first-order valence-corrected chi connectivity index (χ1v) is 9.25. The molecule has 0 aromatic rings. The number of carbonyl (C=O) groups excluding carboxylic acids is 2. The summed E-state index contributed by atoms with van der Waals surface area (Å²) in [6.45, 7) is 2.44. The van der Waals surface area contributed by atoms with Gasteiger partial charge in [0.05, 0.1) is 12.5 Å². The van der Waals surface area contributed by atoms with E-state index in [0.717, 1.165) is 18.9 Å². The Morgan fingerprint density at radius 2 is 1.96 bits per heavy atom. The topological polar surface area (TPSA) is 58.6 Å². The minimum absolute atomic E-state index is 0.0568. The fraction of sp³-hybridized carbons (Fsp3) is 0.889. The van der Waals surface area contributed by atoms with Crippen molar-refractivity contribution in [2.45, 2.75) is 57.8 Å². The van der Waals surface area contributed by atoms with Gasteiger partial charge in [0, 0.05) is 33.2 Å². The van der Waals surface area contributed by atoms with Gasteiger partial charge in [0.2, 0.25) is 11.8 Å². The molecule has 1 aliphatic heterocycles. The lowest BCUT2D eigenvalue weighted by molar-refractivity contribution is -0.138. The van der Waals surface area contributed by atoms with E-state index in [1.54, 1.807) is 12.0 Å². The van der Waals surface area contributed by atoms with E-state index in [-0.39, 0.29) is 17.7 Å². The zero-order valence-electron chi connectivity index (χ0n) is 14.5. The highest BCUT2D eigenvalue weighted by atomic mass is 16.5. The van der Waals surface area contributed by atoms with Crippen molar-refractivity contribution in [3.63, 3.8) is 0 Å². The Morgan fingerprint density at radius 1 is 1.22 bits per heavy atom. The largest absolute Gasteiger partial charge is 0.383 e. The molecule has 23 heavy (non-hydrogen) atoms. The zero-order chi connectivity index (χ0) is 16.5. The molecular weight excluding hydrogens is 292 g/mol. The van der Waals surface area contributed by atoms with Crippen molar-refractivity contribution in [3.8, 4) is 0 Å². The minimum Gasteiger partial charge on any atom is -0.383 e. The molecule has 0 aromatic carbocycles. The average molecular weight is 324 g/mol. The normalized spacial score (nSPS) is 23.6. The van der Waals surface area contributed by atoms with Gasteiger partial charge in [0.25, 0.3) is 0 Å². The molecule has 1 unspecified atom stereocenters. The number of methoxy groups -OCH3 is 1. The Bertz CT molecular complexity index is 378. The van der Waals surface area contributed by atoms with Gasteiger partial charge in [-0.25, -0.2) is 0 Å². The maximum atomic E-state index is 12.4. The Balaban J connectivity index is 1.69. The monoisotopic (exact) mass is 324 g/mol. The smallest absolute Gasteiger partial charge is 0.224 e. The second kappa shape index (κ2) is 9.91. The summed E-state index contributed by atoms with van der Waals surface area (Å²) in [6, 6.07) is 0. The number of hydrogen-bond acceptors (Lipinski definition) is 3. The van der Waals surface area contributed by atoms with E-state index in [9.17, 15) is 9.59 Å². The summed E-state index contributed by atoms with van der Waals surface area (Å²) in [7, 11) is 1.63. The molecule has 1 saturated carbocycles. The number of nitrogens with one attached hydrogen (secondary N) is 1. The van der Waals surface area contributed by atoms with E-state index in [4.69, 9.17) is 4.74 Å². The van der Waals surface area contributed by atoms with Crippen molar-refractivity contribution in [1.82, 2.24) is 10.2 Å². The number of carbonyl (C=O) groups is 2. The van der Waals surface area contributed by atoms with Gasteiger partial charge in [-0.05, 0) is 18.8 Å². The molecule has 2 rings (SSSR count). The molecule has 132 valence electrons. The summed E-state index contributed by atoms with van der Waals surface area (Å²) in [5.74, 6) is 0.987. The van der Waals surface area contributed by atoms with Gasteiger partial charge in [-0.2, -0.15) is 0 Å². The van der Waals surface area contributed by atoms with Crippen LogP contribution in [0, 0.1) is 11.8 Å². The van der Waals surface area contributed by atoms with Crippen molar-refractivity contribution in [2.24, 2.45) is 11.8 Å². The van der Waals surface area contributed by atoms with Crippen LogP contribution in [0.2, 0.25) is 0 Å². The molecular formula is C18H32N2O3. The van der Waals surface area contributed by atoms with E-state index in [2.05, 4.69) is 5.32 Å². The zero-order valence-corrected chi connectivity index (χ0v) is 14.5. The molecule has 5 nitrogen and oxygen atoms in total. The number of ether oxygens (including phenoxy) is 1. The van der Waals surface area contributed by atoms with Crippen LogP contribution in [-0.4, -0.2) is 50.1 Å². The molecule has 0 radical (unpaired) electrons. The predicted molar refractivity (Wildman–Crippen MR) is 90.0 cm³/mol. The van der Waals surface area contributed by atoms with Crippen LogP contribution in [0.1, 0.15) is 57.8 Å². The molecule has 1 saturated heterocycles. The molecule has 2 aliphatic rings. The van der Waals surface area contributed by atoms with E-state index >= 15 is 0 Å². The Labute approximate surface area is 140 Å². The minimum atomic E-state index is -0.0568. The van der Waals surface area contributed by atoms with Gasteiger partial charge in [0.1, 0.15) is 0 Å². The van der Waals surface area contributed by atoms with E-state index in [0.29, 0.717) is 32.5 Å². The Hall–Kier alpha value is -1.10. The first-order chi connectivity index (χ1) is 11.2. The number of piperidine rings is 1. The molecule has 2 fully saturated rings. The van der Waals surface area contributed by atoms with Crippen LogP contribution in [-0.2, 0) is 14.3 Å². The van der Waals surface area contributed by atoms with Gasteiger partial charge in [0.15, 0.2) is 0 Å². The molecule has 1 heterocycles. The highest BCUT2D eigenvalue weighted by molar-refractivity contribution is 5.83. The highest BCUT2D eigenvalue weighted by Crippen LogP contribution is 2.25. The molecule has 0 aromatic heterocycles. The summed E-state index contributed by atoms with van der Waals surface area (Å²) >= 11 is 0. The van der Waals surface area contributed by atoms with Crippen LogP contribution in [0.25, 0.3) is 0 Å². The molecule has 0 bridgehead atoms. The van der Waals surface area contributed by atoms with Crippen molar-refractivity contribution in [1.29, 1.82) is 0 Å². The van der Waals surface area contributed by atoms with Crippen LogP contribution >= 0.6 is 0 Å². The van der Waals surface area contributed by atoms with Crippen LogP contribution < -0.4 is 5.32 Å². The molecule has 0 spiro atoms. The number of amides is 2. The Kier molecular flexibility index (Phi) is 7.86. The number of nitrogens with zero attached hydrogens (tertiary/aromatic N) is 1. The molecule has 1 atom stereocenters. The highest BCUT2D eigenvalue weighted by Gasteiger charge is 2.29. The predicted octanol–water partition coefficient (Wildman–Crippen LogP) is 2.35. The Morgan fingerprint density at radius 3 is 2.65 bits per heavy atom. The second-order valence-corrected chi connectivity index (χ2v) is 7.01. The van der Waals surface area contributed by atoms with Crippen molar-refractivity contribution in [3.05, 3.63) is 0 Å². The van der Waals surface area contributed by atoms with Crippen molar-refractivity contribution in [2.75, 3.05) is 33.4 Å². The average Bonchev–Trinajstić information content (AvgIpc) is 2.83. The van der Waals surface area contributed by atoms with Crippen LogP contribution in [0.3, 0.4) is 0 Å². The van der Waals surface area contributed by atoms with Gasteiger partial charge >= 0.3 is 0 Å². The molecule has 5 heteroatoms. The fourth-order valence-electron chi connectivity index (χ4n) is 3.74. The van der Waals surface area contributed by atoms with Crippen LogP contribution in [0.15, 0.2) is 0 Å². The molecule has 2 amide bonds. The first kappa shape index (κ1) is 18.2. The number of likely N-dealkylation sites (tertiary alicyclic amines) is 1. The standard InChI is InChI=1S/C18H32N2O3/c1-23-13-12-20-14-16(8-9-17(20)21)18(22)19-11-10-15-6-4-2-3-5-7-15/h15-16H,2-14H2,1H3,(H,19,22). The summed E-state index contributed by atoms with van der Waals surface area (Å²) < 4.78 is 5.04.